The van der Waals surface area contributed by atoms with Gasteiger partial charge < -0.3 is 10.6 Å². The van der Waals surface area contributed by atoms with E-state index in [1.54, 1.807) is 12.1 Å². The average molecular weight is 499 g/mol. The van der Waals surface area contributed by atoms with Gasteiger partial charge in [0.1, 0.15) is 5.82 Å². The van der Waals surface area contributed by atoms with Crippen molar-refractivity contribution in [3.05, 3.63) is 51.6 Å². The molecular weight excluding hydrogens is 473 g/mol. The maximum absolute atomic E-state index is 10.9. The van der Waals surface area contributed by atoms with Gasteiger partial charge in [-0.3, -0.25) is 10.1 Å². The molecule has 0 saturated carbocycles. The molecule has 0 amide bonds. The van der Waals surface area contributed by atoms with Crippen LogP contribution in [0.2, 0.25) is 0 Å². The van der Waals surface area contributed by atoms with E-state index in [2.05, 4.69) is 32.6 Å². The fraction of sp³-hybridized carbons (Fsp3) is 0.500. The number of fused-ring (bicyclic) bond motifs is 1. The monoisotopic (exact) mass is 499 g/mol. The molecule has 0 saturated heterocycles. The van der Waals surface area contributed by atoms with Crippen molar-refractivity contribution < 1.29 is 4.92 Å². The number of non-ortho nitro benzene ring substituents is 1. The van der Waals surface area contributed by atoms with E-state index in [0.717, 1.165) is 49.6 Å². The zero-order valence-electron chi connectivity index (χ0n) is 16.1. The Kier molecular flexibility index (Phi) is 8.15. The van der Waals surface area contributed by atoms with Crippen LogP contribution in [0.1, 0.15) is 37.5 Å². The molecule has 1 aromatic heterocycles. The van der Waals surface area contributed by atoms with Crippen LogP contribution in [-0.2, 0) is 25.9 Å². The predicted molar refractivity (Wildman–Crippen MR) is 118 cm³/mol. The second-order valence-electron chi connectivity index (χ2n) is 6.48. The molecule has 10 heteroatoms. The molecule has 1 atom stereocenters. The minimum Gasteiger partial charge on any atom is -0.357 e. The molecule has 152 valence electrons. The summed E-state index contributed by atoms with van der Waals surface area (Å²) in [5, 5.41) is 22.1. The Bertz CT molecular complexity index is 837. The van der Waals surface area contributed by atoms with Crippen molar-refractivity contribution in [3.8, 4) is 0 Å². The van der Waals surface area contributed by atoms with Gasteiger partial charge in [-0.05, 0) is 18.9 Å². The largest absolute Gasteiger partial charge is 0.357 e. The Morgan fingerprint density at radius 3 is 2.96 bits per heavy atom. The molecule has 1 aliphatic rings. The number of nitro benzene ring substituents is 1. The summed E-state index contributed by atoms with van der Waals surface area (Å²) in [5.41, 5.74) is 0.884. The third kappa shape index (κ3) is 5.63. The SMILES string of the molecule is CCNC(=NCc1cccc([N+](=O)[O-])c1)NC1CCc2nc(CC)nn2C1.I. The van der Waals surface area contributed by atoms with Gasteiger partial charge in [0.25, 0.3) is 5.69 Å². The van der Waals surface area contributed by atoms with Crippen LogP contribution in [0.4, 0.5) is 5.69 Å². The molecule has 3 rings (SSSR count). The van der Waals surface area contributed by atoms with E-state index in [-0.39, 0.29) is 40.6 Å². The highest BCUT2D eigenvalue weighted by atomic mass is 127. The summed E-state index contributed by atoms with van der Waals surface area (Å²) in [5.74, 6) is 2.63. The zero-order valence-corrected chi connectivity index (χ0v) is 18.4. The van der Waals surface area contributed by atoms with Gasteiger partial charge in [0.2, 0.25) is 0 Å². The second kappa shape index (κ2) is 10.3. The number of nitro groups is 1. The van der Waals surface area contributed by atoms with Crippen molar-refractivity contribution in [2.24, 2.45) is 4.99 Å². The Morgan fingerprint density at radius 1 is 1.43 bits per heavy atom. The molecule has 0 fully saturated rings. The zero-order chi connectivity index (χ0) is 19.2. The summed E-state index contributed by atoms with van der Waals surface area (Å²) in [6.45, 7) is 5.93. The van der Waals surface area contributed by atoms with Gasteiger partial charge in [-0.2, -0.15) is 5.10 Å². The van der Waals surface area contributed by atoms with E-state index in [1.807, 2.05) is 17.7 Å². The molecular formula is C18H26IN7O2. The van der Waals surface area contributed by atoms with E-state index in [0.29, 0.717) is 12.5 Å². The first-order valence-electron chi connectivity index (χ1n) is 9.29. The predicted octanol–water partition coefficient (Wildman–Crippen LogP) is 2.44. The average Bonchev–Trinajstić information content (AvgIpc) is 3.09. The lowest BCUT2D eigenvalue weighted by molar-refractivity contribution is -0.384. The molecule has 0 aliphatic carbocycles. The van der Waals surface area contributed by atoms with Crippen LogP contribution in [0.3, 0.4) is 0 Å². The minimum absolute atomic E-state index is 0. The van der Waals surface area contributed by atoms with Crippen LogP contribution in [0, 0.1) is 10.1 Å². The van der Waals surface area contributed by atoms with Crippen molar-refractivity contribution in [2.75, 3.05) is 6.54 Å². The Hall–Kier alpha value is -2.24. The topological polar surface area (TPSA) is 110 Å². The smallest absolute Gasteiger partial charge is 0.269 e. The van der Waals surface area contributed by atoms with Crippen LogP contribution >= 0.6 is 24.0 Å². The van der Waals surface area contributed by atoms with Crippen LogP contribution in [0.5, 0.6) is 0 Å². The number of aryl methyl sites for hydroxylation is 2. The Labute approximate surface area is 181 Å². The summed E-state index contributed by atoms with van der Waals surface area (Å²) >= 11 is 0. The molecule has 2 aromatic rings. The van der Waals surface area contributed by atoms with Crippen molar-refractivity contribution in [1.82, 2.24) is 25.4 Å². The minimum atomic E-state index is -0.390. The highest BCUT2D eigenvalue weighted by molar-refractivity contribution is 14.0. The first-order chi connectivity index (χ1) is 13.1. The first kappa shape index (κ1) is 22.1. The maximum Gasteiger partial charge on any atom is 0.269 e. The Morgan fingerprint density at radius 2 is 2.25 bits per heavy atom. The van der Waals surface area contributed by atoms with Crippen LogP contribution in [0.25, 0.3) is 0 Å². The molecule has 9 nitrogen and oxygen atoms in total. The number of aromatic nitrogens is 3. The Balaban J connectivity index is 0.00000280. The summed E-state index contributed by atoms with van der Waals surface area (Å²) in [7, 11) is 0. The highest BCUT2D eigenvalue weighted by Gasteiger charge is 2.22. The highest BCUT2D eigenvalue weighted by Crippen LogP contribution is 2.15. The number of benzene rings is 1. The number of nitrogens with zero attached hydrogens (tertiary/aromatic N) is 5. The molecule has 0 spiro atoms. The van der Waals surface area contributed by atoms with E-state index in [9.17, 15) is 10.1 Å². The molecule has 0 bridgehead atoms. The lowest BCUT2D eigenvalue weighted by atomic mass is 10.1. The standard InChI is InChI=1S/C18H25N7O2.HI/c1-3-16-22-17-9-8-14(12-24(17)23-16)21-18(19-4-2)20-11-13-6-5-7-15(10-13)25(26)27;/h5-7,10,14H,3-4,8-9,11-12H2,1-2H3,(H2,19,20,21);1H. The lowest BCUT2D eigenvalue weighted by Crippen LogP contribution is -2.47. The van der Waals surface area contributed by atoms with Gasteiger partial charge in [0.05, 0.1) is 18.0 Å². The molecule has 1 unspecified atom stereocenters. The van der Waals surface area contributed by atoms with Gasteiger partial charge in [-0.15, -0.1) is 24.0 Å². The van der Waals surface area contributed by atoms with Gasteiger partial charge in [0, 0.05) is 37.6 Å². The molecule has 1 aliphatic heterocycles. The first-order valence-corrected chi connectivity index (χ1v) is 9.29. The van der Waals surface area contributed by atoms with Crippen molar-refractivity contribution in [1.29, 1.82) is 0 Å². The summed E-state index contributed by atoms with van der Waals surface area (Å²) in [6, 6.07) is 6.78. The molecule has 2 N–H and O–H groups in total. The molecule has 0 radical (unpaired) electrons. The van der Waals surface area contributed by atoms with Crippen LogP contribution in [0.15, 0.2) is 29.3 Å². The van der Waals surface area contributed by atoms with Crippen LogP contribution < -0.4 is 10.6 Å². The number of hydrogen-bond donors (Lipinski definition) is 2. The molecule has 2 heterocycles. The van der Waals surface area contributed by atoms with Crippen molar-refractivity contribution >= 4 is 35.6 Å². The number of hydrogen-bond acceptors (Lipinski definition) is 5. The van der Waals surface area contributed by atoms with E-state index >= 15 is 0 Å². The summed E-state index contributed by atoms with van der Waals surface area (Å²) in [4.78, 5) is 19.6. The van der Waals surface area contributed by atoms with Gasteiger partial charge in [-0.1, -0.05) is 19.1 Å². The van der Waals surface area contributed by atoms with Crippen LogP contribution in [-0.4, -0.2) is 38.2 Å². The lowest BCUT2D eigenvalue weighted by Gasteiger charge is -2.25. The third-order valence-electron chi connectivity index (χ3n) is 4.44. The van der Waals surface area contributed by atoms with Gasteiger partial charge >= 0.3 is 0 Å². The summed E-state index contributed by atoms with van der Waals surface area (Å²) in [6.07, 6.45) is 2.68. The van der Waals surface area contributed by atoms with Gasteiger partial charge in [-0.25, -0.2) is 14.7 Å². The second-order valence-corrected chi connectivity index (χ2v) is 6.48. The van der Waals surface area contributed by atoms with Gasteiger partial charge in [0.15, 0.2) is 11.8 Å². The van der Waals surface area contributed by atoms with E-state index < -0.39 is 0 Å². The van der Waals surface area contributed by atoms with Crippen molar-refractivity contribution in [2.45, 2.75) is 52.2 Å². The van der Waals surface area contributed by atoms with E-state index in [1.165, 1.54) is 6.07 Å². The summed E-state index contributed by atoms with van der Waals surface area (Å²) < 4.78 is 1.98. The molecule has 28 heavy (non-hydrogen) atoms. The van der Waals surface area contributed by atoms with Crippen molar-refractivity contribution in [3.63, 3.8) is 0 Å². The number of guanidine groups is 1. The maximum atomic E-state index is 10.9. The number of nitrogens with one attached hydrogen (secondary N) is 2. The fourth-order valence-corrected chi connectivity index (χ4v) is 3.08. The number of rotatable bonds is 6. The third-order valence-corrected chi connectivity index (χ3v) is 4.44. The van der Waals surface area contributed by atoms with E-state index in [4.69, 9.17) is 0 Å². The normalized spacial score (nSPS) is 16.1. The molecule has 1 aromatic carbocycles. The quantitative estimate of drug-likeness (QED) is 0.208. The number of aliphatic imine (C=N–C) groups is 1. The number of halogens is 1. The fourth-order valence-electron chi connectivity index (χ4n) is 3.08.